The van der Waals surface area contributed by atoms with Crippen molar-refractivity contribution in [1.29, 1.82) is 0 Å². The van der Waals surface area contributed by atoms with Crippen LogP contribution in [0.2, 0.25) is 0 Å². The summed E-state index contributed by atoms with van der Waals surface area (Å²) in [7, 11) is 0. The number of nitrogens with one attached hydrogen (secondary N) is 3. The molecule has 1 saturated heterocycles. The molecule has 1 aliphatic heterocycles. The number of hydrogen-bond donors (Lipinski definition) is 4. The summed E-state index contributed by atoms with van der Waals surface area (Å²) in [4.78, 5) is 52.0. The molecule has 1 fully saturated rings. The quantitative estimate of drug-likeness (QED) is 0.318. The van der Waals surface area contributed by atoms with Crippen molar-refractivity contribution >= 4 is 23.8 Å². The van der Waals surface area contributed by atoms with Gasteiger partial charge in [0, 0.05) is 13.0 Å². The third kappa shape index (κ3) is 9.90. The highest BCUT2D eigenvalue weighted by atomic mass is 19.3. The summed E-state index contributed by atoms with van der Waals surface area (Å²) < 4.78 is 34.3. The maximum absolute atomic E-state index is 14.5. The van der Waals surface area contributed by atoms with E-state index in [4.69, 9.17) is 4.74 Å². The zero-order chi connectivity index (χ0) is 28.8. The topological polar surface area (TPSA) is 137 Å². The highest BCUT2D eigenvalue weighted by Crippen LogP contribution is 2.34. The van der Waals surface area contributed by atoms with Gasteiger partial charge in [-0.1, -0.05) is 40.2 Å². The first kappa shape index (κ1) is 32.3. The van der Waals surface area contributed by atoms with Crippen LogP contribution in [0.5, 0.6) is 0 Å². The van der Waals surface area contributed by atoms with Crippen LogP contribution in [-0.4, -0.2) is 82.7 Å². The zero-order valence-corrected chi connectivity index (χ0v) is 22.8. The van der Waals surface area contributed by atoms with E-state index < -0.39 is 77.9 Å². The average molecular weight is 533 g/mol. The van der Waals surface area contributed by atoms with Crippen molar-refractivity contribution < 1.29 is 37.8 Å². The summed E-state index contributed by atoms with van der Waals surface area (Å²) in [5, 5.41) is 17.8. The normalized spacial score (nSPS) is 19.8. The smallest absolute Gasteiger partial charge is 0.408 e. The molecule has 10 nitrogen and oxygen atoms in total. The van der Waals surface area contributed by atoms with E-state index in [-0.39, 0.29) is 13.0 Å². The van der Waals surface area contributed by atoms with Crippen molar-refractivity contribution in [3.8, 4) is 0 Å². The van der Waals surface area contributed by atoms with Crippen LogP contribution in [0.3, 0.4) is 0 Å². The summed E-state index contributed by atoms with van der Waals surface area (Å²) in [5.74, 6) is -5.90. The molecule has 212 valence electrons. The third-order valence-electron chi connectivity index (χ3n) is 5.63. The maximum Gasteiger partial charge on any atom is 0.408 e. The van der Waals surface area contributed by atoms with Gasteiger partial charge in [0.25, 0.3) is 11.8 Å². The molecule has 4 amide bonds. The molecule has 4 N–H and O–H groups in total. The lowest BCUT2D eigenvalue weighted by Gasteiger charge is -2.36. The Bertz CT molecular complexity index is 853. The highest BCUT2D eigenvalue weighted by molar-refractivity contribution is 5.93. The van der Waals surface area contributed by atoms with Gasteiger partial charge in [0.15, 0.2) is 6.10 Å². The minimum atomic E-state index is -3.35. The summed E-state index contributed by atoms with van der Waals surface area (Å²) >= 11 is 0. The van der Waals surface area contributed by atoms with E-state index in [2.05, 4.69) is 22.5 Å². The molecule has 1 aliphatic rings. The number of aliphatic hydroxyl groups is 1. The Morgan fingerprint density at radius 1 is 1.16 bits per heavy atom. The van der Waals surface area contributed by atoms with E-state index in [1.54, 1.807) is 48.5 Å². The lowest BCUT2D eigenvalue weighted by Crippen LogP contribution is -2.59. The zero-order valence-electron chi connectivity index (χ0n) is 22.8. The fourth-order valence-corrected chi connectivity index (χ4v) is 3.88. The molecule has 0 aromatic heterocycles. The molecule has 37 heavy (non-hydrogen) atoms. The molecule has 12 heteroatoms. The van der Waals surface area contributed by atoms with Gasteiger partial charge >= 0.3 is 6.09 Å². The van der Waals surface area contributed by atoms with E-state index >= 15 is 0 Å². The first-order valence-corrected chi connectivity index (χ1v) is 12.4. The van der Waals surface area contributed by atoms with Crippen LogP contribution in [0, 0.1) is 5.41 Å². The Morgan fingerprint density at radius 2 is 1.76 bits per heavy atom. The minimum absolute atomic E-state index is 0.0959. The van der Waals surface area contributed by atoms with E-state index in [0.29, 0.717) is 6.42 Å². The van der Waals surface area contributed by atoms with E-state index in [9.17, 15) is 33.1 Å². The summed E-state index contributed by atoms with van der Waals surface area (Å²) in [6, 6.07) is -3.91. The number of alkyl halides is 2. The second-order valence-electron chi connectivity index (χ2n) is 11.4. The molecule has 4 atom stereocenters. The highest BCUT2D eigenvalue weighted by Gasteiger charge is 2.53. The molecule has 0 aromatic carbocycles. The molecule has 1 heterocycles. The standard InChI is InChI=1S/C25H42F2N4O6/c1-9-11-15(17(32)20(34)28-12-10-2)29-19(33)16-13-25(26,27)14-31(16)21(35)18(23(3,4)5)30-22(36)37-24(6,7)8/h10,15-18,32H,2,9,11-14H2,1,3-8H3,(H,28,34)(H,29,33)(H,30,36). The van der Waals surface area contributed by atoms with Crippen molar-refractivity contribution in [3.63, 3.8) is 0 Å². The molecule has 1 rings (SSSR count). The molecule has 0 radical (unpaired) electrons. The molecular formula is C25H42F2N4O6. The summed E-state index contributed by atoms with van der Waals surface area (Å²) in [6.45, 7) is 14.2. The Morgan fingerprint density at radius 3 is 2.24 bits per heavy atom. The van der Waals surface area contributed by atoms with Crippen LogP contribution in [0.15, 0.2) is 12.7 Å². The Balaban J connectivity index is 3.19. The number of amides is 4. The molecule has 0 bridgehead atoms. The first-order valence-electron chi connectivity index (χ1n) is 12.4. The van der Waals surface area contributed by atoms with Gasteiger partial charge in [-0.3, -0.25) is 14.4 Å². The van der Waals surface area contributed by atoms with Crippen LogP contribution >= 0.6 is 0 Å². The number of rotatable bonds is 10. The second kappa shape index (κ2) is 12.7. The van der Waals surface area contributed by atoms with Gasteiger partial charge in [-0.05, 0) is 32.6 Å². The molecule has 0 saturated carbocycles. The van der Waals surface area contributed by atoms with Crippen LogP contribution in [0.4, 0.5) is 13.6 Å². The number of likely N-dealkylation sites (tertiary alicyclic amines) is 1. The number of carbonyl (C=O) groups is 4. The van der Waals surface area contributed by atoms with Crippen molar-refractivity contribution in [2.45, 2.75) is 103 Å². The molecule has 0 aliphatic carbocycles. The van der Waals surface area contributed by atoms with E-state index in [1.807, 2.05) is 0 Å². The van der Waals surface area contributed by atoms with Crippen LogP contribution in [0.1, 0.15) is 67.7 Å². The average Bonchev–Trinajstić information content (AvgIpc) is 3.08. The van der Waals surface area contributed by atoms with Gasteiger partial charge in [-0.25, -0.2) is 13.6 Å². The van der Waals surface area contributed by atoms with Crippen molar-refractivity contribution in [2.75, 3.05) is 13.1 Å². The van der Waals surface area contributed by atoms with Crippen LogP contribution in [-0.2, 0) is 19.1 Å². The van der Waals surface area contributed by atoms with E-state index in [1.165, 1.54) is 6.08 Å². The SMILES string of the molecule is C=CCNC(=O)C(O)C(CCC)NC(=O)C1CC(F)(F)CN1C(=O)C(NC(=O)OC(C)(C)C)C(C)(C)C. The molecular weight excluding hydrogens is 490 g/mol. The van der Waals surface area contributed by atoms with Gasteiger partial charge < -0.3 is 30.7 Å². The minimum Gasteiger partial charge on any atom is -0.444 e. The number of hydrogen-bond acceptors (Lipinski definition) is 6. The second-order valence-corrected chi connectivity index (χ2v) is 11.4. The van der Waals surface area contributed by atoms with Gasteiger partial charge in [-0.15, -0.1) is 6.58 Å². The first-order chi connectivity index (χ1) is 16.8. The van der Waals surface area contributed by atoms with Gasteiger partial charge in [-0.2, -0.15) is 0 Å². The number of carbonyl (C=O) groups excluding carboxylic acids is 4. The lowest BCUT2D eigenvalue weighted by atomic mass is 9.85. The monoisotopic (exact) mass is 532 g/mol. The van der Waals surface area contributed by atoms with Crippen molar-refractivity contribution in [1.82, 2.24) is 20.9 Å². The number of alkyl carbamates (subject to hydrolysis) is 1. The predicted octanol–water partition coefficient (Wildman–Crippen LogP) is 2.11. The number of nitrogens with zero attached hydrogens (tertiary/aromatic N) is 1. The van der Waals surface area contributed by atoms with Crippen molar-refractivity contribution in [2.24, 2.45) is 5.41 Å². The Labute approximate surface area is 217 Å². The number of ether oxygens (including phenoxy) is 1. The van der Waals surface area contributed by atoms with Gasteiger partial charge in [0.2, 0.25) is 11.8 Å². The van der Waals surface area contributed by atoms with Gasteiger partial charge in [0.1, 0.15) is 17.7 Å². The lowest BCUT2D eigenvalue weighted by molar-refractivity contribution is -0.143. The largest absolute Gasteiger partial charge is 0.444 e. The number of halogens is 2. The van der Waals surface area contributed by atoms with Crippen LogP contribution < -0.4 is 16.0 Å². The summed E-state index contributed by atoms with van der Waals surface area (Å²) in [6.07, 6.45) is -1.39. The fraction of sp³-hybridized carbons (Fsp3) is 0.760. The number of aliphatic hydroxyl groups excluding tert-OH is 1. The van der Waals surface area contributed by atoms with Crippen LogP contribution in [0.25, 0.3) is 0 Å². The predicted molar refractivity (Wildman–Crippen MR) is 134 cm³/mol. The maximum atomic E-state index is 14.5. The molecule has 0 aromatic rings. The third-order valence-corrected chi connectivity index (χ3v) is 5.63. The van der Waals surface area contributed by atoms with Gasteiger partial charge in [0.05, 0.1) is 12.6 Å². The van der Waals surface area contributed by atoms with E-state index in [0.717, 1.165) is 4.90 Å². The molecule has 4 unspecified atom stereocenters. The summed E-state index contributed by atoms with van der Waals surface area (Å²) in [5.41, 5.74) is -1.76. The Hall–Kier alpha value is -2.76. The Kier molecular flexibility index (Phi) is 11.0. The fourth-order valence-electron chi connectivity index (χ4n) is 3.88. The molecule has 0 spiro atoms. The van der Waals surface area contributed by atoms with Crippen molar-refractivity contribution in [3.05, 3.63) is 12.7 Å².